The van der Waals surface area contributed by atoms with Gasteiger partial charge in [-0.15, -0.1) is 0 Å². The van der Waals surface area contributed by atoms with E-state index < -0.39 is 75.5 Å². The summed E-state index contributed by atoms with van der Waals surface area (Å²) in [6.07, 6.45) is 0. The fourth-order valence-electron chi connectivity index (χ4n) is 2.30. The number of nitrogens with one attached hydrogen (secondary N) is 1. The number of hydrogen-bond acceptors (Lipinski definition) is 7. The number of hydrogen-bond donors (Lipinski definition) is 1. The molecule has 0 aliphatic carbocycles. The standard InChI is InChI=1S/C16H10F6N2O6S3/c17-15(18,19)31-10-3-1-2-9(6-10)23-14(25)8-32(28)13-5-4-11(7-12(13)24(26)27)33(29,30)16(20,21)22/h1-7H,8H2,(H,23,25). The van der Waals surface area contributed by atoms with E-state index in [2.05, 4.69) is 5.32 Å². The summed E-state index contributed by atoms with van der Waals surface area (Å²) in [5.74, 6) is -1.99. The Hall–Kier alpha value is -2.66. The van der Waals surface area contributed by atoms with E-state index in [0.717, 1.165) is 12.1 Å². The lowest BCUT2D eigenvalue weighted by Gasteiger charge is -2.10. The summed E-state index contributed by atoms with van der Waals surface area (Å²) >= 11 is -0.453. The minimum Gasteiger partial charge on any atom is -0.325 e. The molecule has 2 aromatic carbocycles. The summed E-state index contributed by atoms with van der Waals surface area (Å²) in [5, 5.41) is 13.3. The molecule has 2 rings (SSSR count). The minimum absolute atomic E-state index is 0.0752. The van der Waals surface area contributed by atoms with Gasteiger partial charge in [-0.3, -0.25) is 19.1 Å². The molecule has 180 valence electrons. The second-order valence-electron chi connectivity index (χ2n) is 5.95. The third-order valence-electron chi connectivity index (χ3n) is 3.60. The van der Waals surface area contributed by atoms with Crippen LogP contribution in [0.1, 0.15) is 0 Å². The Morgan fingerprint density at radius 1 is 1.09 bits per heavy atom. The van der Waals surface area contributed by atoms with Crippen LogP contribution in [0.3, 0.4) is 0 Å². The second kappa shape index (κ2) is 9.68. The Morgan fingerprint density at radius 2 is 1.73 bits per heavy atom. The first-order valence-electron chi connectivity index (χ1n) is 8.15. The number of nitro groups is 1. The summed E-state index contributed by atoms with van der Waals surface area (Å²) in [7, 11) is -8.43. The first-order valence-corrected chi connectivity index (χ1v) is 11.8. The highest BCUT2D eigenvalue weighted by atomic mass is 32.2. The molecule has 0 heterocycles. The summed E-state index contributed by atoms with van der Waals surface area (Å²) in [4.78, 5) is 19.6. The van der Waals surface area contributed by atoms with Crippen molar-refractivity contribution in [3.8, 4) is 0 Å². The van der Waals surface area contributed by atoms with Crippen LogP contribution in [-0.4, -0.2) is 40.2 Å². The van der Waals surface area contributed by atoms with Crippen LogP contribution in [0.2, 0.25) is 0 Å². The van der Waals surface area contributed by atoms with Crippen molar-refractivity contribution in [2.45, 2.75) is 25.7 Å². The highest BCUT2D eigenvalue weighted by molar-refractivity contribution is 8.00. The molecule has 33 heavy (non-hydrogen) atoms. The first-order chi connectivity index (χ1) is 15.0. The minimum atomic E-state index is -5.92. The molecule has 0 spiro atoms. The maximum Gasteiger partial charge on any atom is 0.501 e. The Kier molecular flexibility index (Phi) is 7.80. The van der Waals surface area contributed by atoms with E-state index >= 15 is 0 Å². The van der Waals surface area contributed by atoms with Gasteiger partial charge in [0.1, 0.15) is 10.6 Å². The lowest BCUT2D eigenvalue weighted by molar-refractivity contribution is -0.388. The molecule has 0 fully saturated rings. The molecule has 0 aliphatic rings. The number of amides is 1. The molecule has 0 saturated carbocycles. The molecule has 1 N–H and O–H groups in total. The summed E-state index contributed by atoms with van der Waals surface area (Å²) in [6.45, 7) is 0. The molecule has 17 heteroatoms. The topological polar surface area (TPSA) is 123 Å². The van der Waals surface area contributed by atoms with E-state index in [9.17, 15) is 53.9 Å². The third-order valence-corrected chi connectivity index (χ3v) is 7.17. The molecule has 0 aliphatic heterocycles. The Labute approximate surface area is 187 Å². The van der Waals surface area contributed by atoms with E-state index in [4.69, 9.17) is 0 Å². The number of thioether (sulfide) groups is 1. The van der Waals surface area contributed by atoms with Gasteiger partial charge in [-0.2, -0.15) is 26.3 Å². The van der Waals surface area contributed by atoms with Crippen LogP contribution in [-0.2, 0) is 25.4 Å². The van der Waals surface area contributed by atoms with Gasteiger partial charge in [0.2, 0.25) is 5.91 Å². The van der Waals surface area contributed by atoms with E-state index in [-0.39, 0.29) is 16.6 Å². The van der Waals surface area contributed by atoms with Crippen molar-refractivity contribution in [2.24, 2.45) is 0 Å². The average molecular weight is 536 g/mol. The zero-order valence-corrected chi connectivity index (χ0v) is 18.1. The van der Waals surface area contributed by atoms with Gasteiger partial charge < -0.3 is 5.32 Å². The van der Waals surface area contributed by atoms with Crippen LogP contribution in [0.15, 0.2) is 57.2 Å². The maximum absolute atomic E-state index is 12.7. The lowest BCUT2D eigenvalue weighted by Crippen LogP contribution is -2.23. The predicted octanol–water partition coefficient (Wildman–Crippen LogP) is 4.25. The molecule has 0 bridgehead atoms. The maximum atomic E-state index is 12.7. The van der Waals surface area contributed by atoms with Gasteiger partial charge in [0.05, 0.1) is 20.6 Å². The Morgan fingerprint density at radius 3 is 2.27 bits per heavy atom. The van der Waals surface area contributed by atoms with Crippen LogP contribution in [0.5, 0.6) is 0 Å². The smallest absolute Gasteiger partial charge is 0.325 e. The molecule has 0 aromatic heterocycles. The molecule has 0 radical (unpaired) electrons. The molecule has 1 amide bonds. The normalized spacial score (nSPS) is 13.4. The summed E-state index contributed by atoms with van der Waals surface area (Å²) in [5.41, 5.74) is -11.7. The number of sulfone groups is 1. The number of nitro benzene ring substituents is 1. The van der Waals surface area contributed by atoms with Crippen LogP contribution >= 0.6 is 11.8 Å². The number of nitrogens with zero attached hydrogens (tertiary/aromatic N) is 1. The van der Waals surface area contributed by atoms with E-state index in [1.165, 1.54) is 12.1 Å². The molecule has 8 nitrogen and oxygen atoms in total. The zero-order valence-electron chi connectivity index (χ0n) is 15.6. The van der Waals surface area contributed by atoms with E-state index in [1.54, 1.807) is 0 Å². The number of carbonyl (C=O) groups excluding carboxylic acids is 1. The second-order valence-corrected chi connectivity index (χ2v) is 10.4. The molecule has 1 atom stereocenters. The van der Waals surface area contributed by atoms with Crippen molar-refractivity contribution in [3.05, 3.63) is 52.6 Å². The van der Waals surface area contributed by atoms with Crippen molar-refractivity contribution >= 4 is 49.7 Å². The van der Waals surface area contributed by atoms with Crippen LogP contribution in [0, 0.1) is 10.1 Å². The number of anilines is 1. The van der Waals surface area contributed by atoms with Crippen molar-refractivity contribution in [1.82, 2.24) is 0 Å². The van der Waals surface area contributed by atoms with Gasteiger partial charge in [-0.05, 0) is 42.1 Å². The lowest BCUT2D eigenvalue weighted by atomic mass is 10.3. The number of alkyl halides is 6. The SMILES string of the molecule is O=C(CS(=O)c1ccc(S(=O)(=O)C(F)(F)F)cc1[N+](=O)[O-])Nc1cccc(SC(F)(F)F)c1. The van der Waals surface area contributed by atoms with E-state index in [0.29, 0.717) is 12.1 Å². The predicted molar refractivity (Wildman–Crippen MR) is 105 cm³/mol. The van der Waals surface area contributed by atoms with Gasteiger partial charge in [0.25, 0.3) is 15.5 Å². The van der Waals surface area contributed by atoms with Crippen LogP contribution in [0.25, 0.3) is 0 Å². The largest absolute Gasteiger partial charge is 0.501 e. The number of halogens is 6. The highest BCUT2D eigenvalue weighted by Gasteiger charge is 2.47. The van der Waals surface area contributed by atoms with Crippen molar-refractivity contribution in [2.75, 3.05) is 11.1 Å². The first kappa shape index (κ1) is 26.6. The van der Waals surface area contributed by atoms with Crippen molar-refractivity contribution < 1.29 is 48.7 Å². The zero-order chi connectivity index (χ0) is 25.2. The summed E-state index contributed by atoms with van der Waals surface area (Å²) < 4.78 is 111. The Bertz CT molecular complexity index is 1210. The quantitative estimate of drug-likeness (QED) is 0.243. The fraction of sp³-hybridized carbons (Fsp3) is 0.188. The van der Waals surface area contributed by atoms with Gasteiger partial charge in [0.15, 0.2) is 0 Å². The molecule has 1 unspecified atom stereocenters. The van der Waals surface area contributed by atoms with E-state index in [1.807, 2.05) is 0 Å². The van der Waals surface area contributed by atoms with Gasteiger partial charge in [0, 0.05) is 16.6 Å². The van der Waals surface area contributed by atoms with Crippen molar-refractivity contribution in [3.63, 3.8) is 0 Å². The van der Waals surface area contributed by atoms with Crippen LogP contribution < -0.4 is 5.32 Å². The number of carbonyl (C=O) groups is 1. The number of rotatable bonds is 7. The van der Waals surface area contributed by atoms with Gasteiger partial charge in [-0.1, -0.05) is 6.07 Å². The Balaban J connectivity index is 2.24. The van der Waals surface area contributed by atoms with Gasteiger partial charge in [-0.25, -0.2) is 8.42 Å². The monoisotopic (exact) mass is 536 g/mol. The van der Waals surface area contributed by atoms with Crippen LogP contribution in [0.4, 0.5) is 37.7 Å². The molecular weight excluding hydrogens is 526 g/mol. The summed E-state index contributed by atoms with van der Waals surface area (Å²) in [6, 6.07) is 5.46. The fourth-order valence-corrected chi connectivity index (χ4v) is 4.73. The third kappa shape index (κ3) is 6.91. The average Bonchev–Trinajstić information content (AvgIpc) is 2.65. The molecular formula is C16H10F6N2O6S3. The number of benzene rings is 2. The van der Waals surface area contributed by atoms with Gasteiger partial charge >= 0.3 is 11.0 Å². The molecule has 2 aromatic rings. The van der Waals surface area contributed by atoms with Crippen molar-refractivity contribution in [1.29, 1.82) is 0 Å². The molecule has 0 saturated heterocycles. The highest BCUT2D eigenvalue weighted by Crippen LogP contribution is 2.37.